The van der Waals surface area contributed by atoms with E-state index in [4.69, 9.17) is 23.2 Å². The number of rotatable bonds is 3. The number of alkyl halides is 3. The van der Waals surface area contributed by atoms with Crippen molar-refractivity contribution in [2.24, 2.45) is 0 Å². The van der Waals surface area contributed by atoms with Gasteiger partial charge in [-0.05, 0) is 37.3 Å². The standard InChI is InChI=1S/C17H11Cl2F3N4O/c1-9-8-26(13-4-3-11(18)6-12(13)19)25-15(9)16(27)24-14-5-2-10(7-23-14)17(20,21)22/h2-8H,1H3,(H,23,24,27). The number of aryl methyl sites for hydroxylation is 1. The lowest BCUT2D eigenvalue weighted by molar-refractivity contribution is -0.137. The number of pyridine rings is 1. The molecule has 0 aliphatic rings. The molecule has 2 aromatic heterocycles. The van der Waals surface area contributed by atoms with E-state index in [9.17, 15) is 18.0 Å². The summed E-state index contributed by atoms with van der Waals surface area (Å²) in [5.41, 5.74) is 0.252. The van der Waals surface area contributed by atoms with Gasteiger partial charge >= 0.3 is 6.18 Å². The van der Waals surface area contributed by atoms with E-state index in [-0.39, 0.29) is 11.5 Å². The maximum Gasteiger partial charge on any atom is 0.417 e. The zero-order chi connectivity index (χ0) is 19.8. The topological polar surface area (TPSA) is 59.8 Å². The van der Waals surface area contributed by atoms with Gasteiger partial charge in [-0.15, -0.1) is 0 Å². The van der Waals surface area contributed by atoms with Crippen LogP contribution in [0.1, 0.15) is 21.6 Å². The Labute approximate surface area is 161 Å². The van der Waals surface area contributed by atoms with Crippen molar-refractivity contribution in [1.29, 1.82) is 0 Å². The van der Waals surface area contributed by atoms with Gasteiger partial charge in [0.25, 0.3) is 5.91 Å². The van der Waals surface area contributed by atoms with Crippen molar-refractivity contribution in [3.05, 3.63) is 69.6 Å². The molecule has 0 atom stereocenters. The van der Waals surface area contributed by atoms with Gasteiger partial charge in [-0.25, -0.2) is 9.67 Å². The molecular formula is C17H11Cl2F3N4O. The molecule has 0 spiro atoms. The van der Waals surface area contributed by atoms with Crippen LogP contribution in [0.3, 0.4) is 0 Å². The largest absolute Gasteiger partial charge is 0.417 e. The average Bonchev–Trinajstić information content (AvgIpc) is 2.96. The number of carbonyl (C=O) groups excluding carboxylic acids is 1. The summed E-state index contributed by atoms with van der Waals surface area (Å²) in [5.74, 6) is -0.630. The molecule has 3 aromatic rings. The quantitative estimate of drug-likeness (QED) is 0.644. The fraction of sp³-hybridized carbons (Fsp3) is 0.118. The first-order chi connectivity index (χ1) is 12.6. The van der Waals surface area contributed by atoms with Crippen LogP contribution >= 0.6 is 23.2 Å². The highest BCUT2D eigenvalue weighted by molar-refractivity contribution is 6.35. The zero-order valence-corrected chi connectivity index (χ0v) is 15.2. The Kier molecular flexibility index (Phi) is 5.12. The van der Waals surface area contributed by atoms with E-state index in [1.165, 1.54) is 4.68 Å². The van der Waals surface area contributed by atoms with Crippen molar-refractivity contribution < 1.29 is 18.0 Å². The number of aromatic nitrogens is 3. The molecule has 0 fully saturated rings. The molecular weight excluding hydrogens is 404 g/mol. The minimum Gasteiger partial charge on any atom is -0.305 e. The van der Waals surface area contributed by atoms with E-state index < -0.39 is 17.6 Å². The number of nitrogens with zero attached hydrogens (tertiary/aromatic N) is 3. The van der Waals surface area contributed by atoms with Gasteiger partial charge in [-0.3, -0.25) is 4.79 Å². The van der Waals surface area contributed by atoms with Crippen molar-refractivity contribution >= 4 is 34.9 Å². The summed E-state index contributed by atoms with van der Waals surface area (Å²) >= 11 is 12.0. The second kappa shape index (κ2) is 7.21. The first kappa shape index (κ1) is 19.2. The molecule has 1 amide bonds. The van der Waals surface area contributed by atoms with E-state index in [0.717, 1.165) is 12.1 Å². The highest BCUT2D eigenvalue weighted by Gasteiger charge is 2.30. The van der Waals surface area contributed by atoms with Crippen molar-refractivity contribution in [2.75, 3.05) is 5.32 Å². The Morgan fingerprint density at radius 2 is 1.93 bits per heavy atom. The van der Waals surface area contributed by atoms with E-state index in [0.29, 0.717) is 27.5 Å². The van der Waals surface area contributed by atoms with Gasteiger partial charge in [0.05, 0.1) is 16.3 Å². The molecule has 3 rings (SSSR count). The average molecular weight is 415 g/mol. The molecule has 0 aliphatic carbocycles. The zero-order valence-electron chi connectivity index (χ0n) is 13.7. The van der Waals surface area contributed by atoms with Crippen LogP contribution in [0.2, 0.25) is 10.0 Å². The van der Waals surface area contributed by atoms with Crippen LogP contribution in [0.5, 0.6) is 0 Å². The van der Waals surface area contributed by atoms with Gasteiger partial charge in [0, 0.05) is 23.0 Å². The van der Waals surface area contributed by atoms with Crippen molar-refractivity contribution in [3.8, 4) is 5.69 Å². The summed E-state index contributed by atoms with van der Waals surface area (Å²) < 4.78 is 39.1. The molecule has 0 saturated heterocycles. The minimum atomic E-state index is -4.50. The molecule has 5 nitrogen and oxygen atoms in total. The molecule has 0 bridgehead atoms. The Morgan fingerprint density at radius 1 is 1.19 bits per heavy atom. The van der Waals surface area contributed by atoms with Gasteiger partial charge in [-0.2, -0.15) is 18.3 Å². The molecule has 10 heteroatoms. The number of benzene rings is 1. The smallest absolute Gasteiger partial charge is 0.305 e. The number of carbonyl (C=O) groups is 1. The number of hydrogen-bond donors (Lipinski definition) is 1. The third-order valence-electron chi connectivity index (χ3n) is 3.60. The summed E-state index contributed by atoms with van der Waals surface area (Å²) in [6.07, 6.45) is -2.25. The van der Waals surface area contributed by atoms with Crippen LogP contribution in [0.25, 0.3) is 5.69 Å². The van der Waals surface area contributed by atoms with Gasteiger partial charge in [0.1, 0.15) is 5.82 Å². The second-order valence-corrected chi connectivity index (χ2v) is 6.43. The van der Waals surface area contributed by atoms with E-state index in [2.05, 4.69) is 15.4 Å². The van der Waals surface area contributed by atoms with Crippen LogP contribution < -0.4 is 5.32 Å². The van der Waals surface area contributed by atoms with Gasteiger partial charge in [-0.1, -0.05) is 23.2 Å². The lowest BCUT2D eigenvalue weighted by Crippen LogP contribution is -2.15. The SMILES string of the molecule is Cc1cn(-c2ccc(Cl)cc2Cl)nc1C(=O)Nc1ccc(C(F)(F)F)cn1. The molecule has 1 N–H and O–H groups in total. The monoisotopic (exact) mass is 414 g/mol. The van der Waals surface area contributed by atoms with Crippen LogP contribution in [0.15, 0.2) is 42.7 Å². The maximum absolute atomic E-state index is 12.6. The van der Waals surface area contributed by atoms with Gasteiger partial charge in [0.2, 0.25) is 0 Å². The fourth-order valence-electron chi connectivity index (χ4n) is 2.29. The third-order valence-corrected chi connectivity index (χ3v) is 4.14. The van der Waals surface area contributed by atoms with Gasteiger partial charge in [0.15, 0.2) is 5.69 Å². The highest BCUT2D eigenvalue weighted by atomic mass is 35.5. The van der Waals surface area contributed by atoms with Crippen LogP contribution in [0.4, 0.5) is 19.0 Å². The second-order valence-electron chi connectivity index (χ2n) is 5.59. The lowest BCUT2D eigenvalue weighted by atomic mass is 10.2. The number of hydrogen-bond acceptors (Lipinski definition) is 3. The lowest BCUT2D eigenvalue weighted by Gasteiger charge is -2.07. The molecule has 0 aliphatic heterocycles. The Morgan fingerprint density at radius 3 is 2.52 bits per heavy atom. The van der Waals surface area contributed by atoms with Gasteiger partial charge < -0.3 is 5.32 Å². The number of halogens is 5. The van der Waals surface area contributed by atoms with Crippen LogP contribution in [-0.4, -0.2) is 20.7 Å². The normalized spacial score (nSPS) is 11.5. The summed E-state index contributed by atoms with van der Waals surface area (Å²) in [6.45, 7) is 1.67. The third kappa shape index (κ3) is 4.23. The molecule has 2 heterocycles. The number of anilines is 1. The first-order valence-electron chi connectivity index (χ1n) is 7.51. The molecule has 1 aromatic carbocycles. The summed E-state index contributed by atoms with van der Waals surface area (Å²) in [4.78, 5) is 16.0. The molecule has 27 heavy (non-hydrogen) atoms. The van der Waals surface area contributed by atoms with Crippen molar-refractivity contribution in [3.63, 3.8) is 0 Å². The molecule has 0 saturated carbocycles. The van der Waals surface area contributed by atoms with Crippen LogP contribution in [-0.2, 0) is 6.18 Å². The summed E-state index contributed by atoms with van der Waals surface area (Å²) in [5, 5.41) is 7.42. The maximum atomic E-state index is 12.6. The predicted octanol–water partition coefficient (Wildman–Crippen LogP) is 5.15. The summed E-state index contributed by atoms with van der Waals surface area (Å²) in [6, 6.07) is 6.73. The highest BCUT2D eigenvalue weighted by Crippen LogP contribution is 2.29. The molecule has 0 unspecified atom stereocenters. The predicted molar refractivity (Wildman–Crippen MR) is 95.5 cm³/mol. The number of nitrogens with one attached hydrogen (secondary N) is 1. The fourth-order valence-corrected chi connectivity index (χ4v) is 2.78. The van der Waals surface area contributed by atoms with E-state index in [1.54, 1.807) is 31.3 Å². The van der Waals surface area contributed by atoms with Crippen molar-refractivity contribution in [2.45, 2.75) is 13.1 Å². The molecule has 140 valence electrons. The van der Waals surface area contributed by atoms with Crippen molar-refractivity contribution in [1.82, 2.24) is 14.8 Å². The summed E-state index contributed by atoms with van der Waals surface area (Å²) in [7, 11) is 0. The Bertz CT molecular complexity index is 1000. The first-order valence-corrected chi connectivity index (χ1v) is 8.27. The van der Waals surface area contributed by atoms with E-state index >= 15 is 0 Å². The minimum absolute atomic E-state index is 0.0218. The van der Waals surface area contributed by atoms with E-state index in [1.807, 2.05) is 0 Å². The van der Waals surface area contributed by atoms with Crippen LogP contribution in [0, 0.1) is 6.92 Å². The Balaban J connectivity index is 1.82. The number of amides is 1. The Hall–Kier alpha value is -2.58. The molecule has 0 radical (unpaired) electrons.